The molecule has 2 aromatic carbocycles. The molecular formula is C22H21N5O. The highest BCUT2D eigenvalue weighted by Gasteiger charge is 2.23. The number of para-hydroxylation sites is 1. The molecule has 0 fully saturated rings. The number of aromatic amines is 1. The van der Waals surface area contributed by atoms with E-state index in [0.29, 0.717) is 12.4 Å². The quantitative estimate of drug-likeness (QED) is 0.601. The lowest BCUT2D eigenvalue weighted by Crippen LogP contribution is -2.35. The van der Waals surface area contributed by atoms with E-state index in [-0.39, 0.29) is 5.56 Å². The molecule has 1 aliphatic rings. The lowest BCUT2D eigenvalue weighted by Gasteiger charge is -2.27. The van der Waals surface area contributed by atoms with Crippen LogP contribution >= 0.6 is 0 Å². The summed E-state index contributed by atoms with van der Waals surface area (Å²) >= 11 is 0. The van der Waals surface area contributed by atoms with Crippen LogP contribution in [0.3, 0.4) is 0 Å². The molecule has 0 atom stereocenters. The topological polar surface area (TPSA) is 66.8 Å². The highest BCUT2D eigenvalue weighted by molar-refractivity contribution is 5.81. The van der Waals surface area contributed by atoms with E-state index in [0.717, 1.165) is 47.5 Å². The minimum absolute atomic E-state index is 0.0422. The van der Waals surface area contributed by atoms with E-state index in [1.807, 2.05) is 54.2 Å². The number of nitrogens with zero attached hydrogens (tertiary/aromatic N) is 4. The van der Waals surface area contributed by atoms with E-state index in [1.165, 1.54) is 5.39 Å². The predicted molar refractivity (Wildman–Crippen MR) is 109 cm³/mol. The van der Waals surface area contributed by atoms with Gasteiger partial charge in [-0.15, -0.1) is 0 Å². The fourth-order valence-electron chi connectivity index (χ4n) is 3.97. The molecule has 5 rings (SSSR count). The van der Waals surface area contributed by atoms with Crippen molar-refractivity contribution in [1.29, 1.82) is 0 Å². The largest absolute Gasteiger partial charge is 0.306 e. The van der Waals surface area contributed by atoms with Gasteiger partial charge in [0.1, 0.15) is 5.82 Å². The number of aryl methyl sites for hydroxylation is 1. The Hall–Kier alpha value is -3.25. The number of nitrogens with one attached hydrogen (secondary N) is 1. The summed E-state index contributed by atoms with van der Waals surface area (Å²) in [5, 5.41) is 5.86. The van der Waals surface area contributed by atoms with E-state index >= 15 is 0 Å². The van der Waals surface area contributed by atoms with Crippen LogP contribution in [0.1, 0.15) is 17.0 Å². The van der Waals surface area contributed by atoms with E-state index in [9.17, 15) is 4.79 Å². The van der Waals surface area contributed by atoms with Crippen LogP contribution in [0, 0.1) is 0 Å². The molecule has 4 aromatic rings. The maximum Gasteiger partial charge on any atom is 0.255 e. The van der Waals surface area contributed by atoms with E-state index in [2.05, 4.69) is 27.1 Å². The van der Waals surface area contributed by atoms with Crippen molar-refractivity contribution in [3.63, 3.8) is 0 Å². The van der Waals surface area contributed by atoms with Gasteiger partial charge in [-0.2, -0.15) is 5.10 Å². The molecule has 0 bridgehead atoms. The van der Waals surface area contributed by atoms with Gasteiger partial charge in [0.15, 0.2) is 0 Å². The molecule has 0 unspecified atom stereocenters. The summed E-state index contributed by atoms with van der Waals surface area (Å²) in [6.45, 7) is 2.18. The van der Waals surface area contributed by atoms with Crippen molar-refractivity contribution in [2.45, 2.75) is 19.5 Å². The average Bonchev–Trinajstić information content (AvgIpc) is 3.05. The number of hydrogen-bond acceptors (Lipinski definition) is 4. The minimum atomic E-state index is -0.0422. The maximum atomic E-state index is 12.7. The van der Waals surface area contributed by atoms with Gasteiger partial charge < -0.3 is 4.98 Å². The van der Waals surface area contributed by atoms with Gasteiger partial charge in [-0.3, -0.25) is 14.4 Å². The van der Waals surface area contributed by atoms with Crippen molar-refractivity contribution in [2.75, 3.05) is 6.54 Å². The van der Waals surface area contributed by atoms with Crippen LogP contribution in [-0.4, -0.2) is 31.2 Å². The van der Waals surface area contributed by atoms with Crippen LogP contribution < -0.4 is 5.56 Å². The minimum Gasteiger partial charge on any atom is -0.306 e. The molecular weight excluding hydrogens is 350 g/mol. The first-order chi connectivity index (χ1) is 13.7. The first kappa shape index (κ1) is 16.9. The third kappa shape index (κ3) is 2.92. The van der Waals surface area contributed by atoms with Gasteiger partial charge in [0, 0.05) is 44.1 Å². The van der Waals surface area contributed by atoms with Crippen LogP contribution in [0.5, 0.6) is 0 Å². The van der Waals surface area contributed by atoms with Crippen LogP contribution in [-0.2, 0) is 26.6 Å². The monoisotopic (exact) mass is 371 g/mol. The molecule has 0 amide bonds. The summed E-state index contributed by atoms with van der Waals surface area (Å²) in [5.74, 6) is 0.647. The summed E-state index contributed by atoms with van der Waals surface area (Å²) in [4.78, 5) is 22.7. The smallest absolute Gasteiger partial charge is 0.255 e. The number of rotatable bonds is 3. The van der Waals surface area contributed by atoms with Gasteiger partial charge in [-0.1, -0.05) is 48.5 Å². The number of benzene rings is 2. The maximum absolute atomic E-state index is 12.7. The zero-order valence-electron chi connectivity index (χ0n) is 15.7. The standard InChI is InChI=1S/C22H21N5O/c1-26-20-10-6-5-9-16(20)19(25-26)14-27-12-11-18-17(13-27)22(28)24-21(23-18)15-7-3-2-4-8-15/h2-10H,11-14H2,1H3,(H,23,24,28). The Morgan fingerprint density at radius 1 is 1.07 bits per heavy atom. The van der Waals surface area contributed by atoms with Gasteiger partial charge in [-0.25, -0.2) is 4.98 Å². The summed E-state index contributed by atoms with van der Waals surface area (Å²) in [6, 6.07) is 18.0. The van der Waals surface area contributed by atoms with Gasteiger partial charge in [-0.05, 0) is 6.07 Å². The second-order valence-corrected chi connectivity index (χ2v) is 7.25. The zero-order chi connectivity index (χ0) is 19.1. The first-order valence-electron chi connectivity index (χ1n) is 9.49. The highest BCUT2D eigenvalue weighted by atomic mass is 16.1. The fourth-order valence-corrected chi connectivity index (χ4v) is 3.97. The lowest BCUT2D eigenvalue weighted by molar-refractivity contribution is 0.239. The van der Waals surface area contributed by atoms with Crippen molar-refractivity contribution < 1.29 is 0 Å². The predicted octanol–water partition coefficient (Wildman–Crippen LogP) is 2.88. The van der Waals surface area contributed by atoms with Crippen LogP contribution in [0.2, 0.25) is 0 Å². The summed E-state index contributed by atoms with van der Waals surface area (Å²) < 4.78 is 1.92. The Labute approximate surface area is 162 Å². The molecule has 6 heteroatoms. The third-order valence-corrected chi connectivity index (χ3v) is 5.40. The Bertz CT molecular complexity index is 1210. The Morgan fingerprint density at radius 2 is 1.86 bits per heavy atom. The van der Waals surface area contributed by atoms with E-state index < -0.39 is 0 Å². The summed E-state index contributed by atoms with van der Waals surface area (Å²) in [5.41, 5.74) is 4.74. The molecule has 0 radical (unpaired) electrons. The van der Waals surface area contributed by atoms with Gasteiger partial charge >= 0.3 is 0 Å². The Kier molecular flexibility index (Phi) is 4.06. The van der Waals surface area contributed by atoms with Gasteiger partial charge in [0.25, 0.3) is 5.56 Å². The zero-order valence-corrected chi connectivity index (χ0v) is 15.7. The molecule has 2 aromatic heterocycles. The average molecular weight is 371 g/mol. The molecule has 6 nitrogen and oxygen atoms in total. The van der Waals surface area contributed by atoms with Crippen LogP contribution in [0.15, 0.2) is 59.4 Å². The fraction of sp³-hybridized carbons (Fsp3) is 0.227. The summed E-state index contributed by atoms with van der Waals surface area (Å²) in [7, 11) is 1.97. The van der Waals surface area contributed by atoms with Crippen molar-refractivity contribution in [3.8, 4) is 11.4 Å². The second kappa shape index (κ2) is 6.73. The first-order valence-corrected chi connectivity index (χ1v) is 9.49. The molecule has 0 saturated carbocycles. The third-order valence-electron chi connectivity index (χ3n) is 5.40. The van der Waals surface area contributed by atoms with Crippen molar-refractivity contribution in [2.24, 2.45) is 7.05 Å². The number of hydrogen-bond donors (Lipinski definition) is 1. The molecule has 0 spiro atoms. The molecule has 1 aliphatic heterocycles. The molecule has 3 heterocycles. The van der Waals surface area contributed by atoms with Crippen molar-refractivity contribution >= 4 is 10.9 Å². The molecule has 0 saturated heterocycles. The number of H-pyrrole nitrogens is 1. The highest BCUT2D eigenvalue weighted by Crippen LogP contribution is 2.23. The Balaban J connectivity index is 1.43. The van der Waals surface area contributed by atoms with Crippen LogP contribution in [0.25, 0.3) is 22.3 Å². The molecule has 1 N–H and O–H groups in total. The molecule has 140 valence electrons. The lowest BCUT2D eigenvalue weighted by atomic mass is 10.1. The second-order valence-electron chi connectivity index (χ2n) is 7.25. The van der Waals surface area contributed by atoms with E-state index in [4.69, 9.17) is 4.98 Å². The van der Waals surface area contributed by atoms with Crippen LogP contribution in [0.4, 0.5) is 0 Å². The number of aromatic nitrogens is 4. The molecule has 28 heavy (non-hydrogen) atoms. The van der Waals surface area contributed by atoms with Crippen molar-refractivity contribution in [1.82, 2.24) is 24.6 Å². The SMILES string of the molecule is Cn1nc(CN2CCc3nc(-c4ccccc4)[nH]c(=O)c3C2)c2ccccc21. The normalized spacial score (nSPS) is 14.3. The number of fused-ring (bicyclic) bond motifs is 2. The summed E-state index contributed by atoms with van der Waals surface area (Å²) in [6.07, 6.45) is 0.768. The Morgan fingerprint density at radius 3 is 2.71 bits per heavy atom. The van der Waals surface area contributed by atoms with E-state index in [1.54, 1.807) is 0 Å². The van der Waals surface area contributed by atoms with Gasteiger partial charge in [0.2, 0.25) is 0 Å². The van der Waals surface area contributed by atoms with Gasteiger partial charge in [0.05, 0.1) is 22.5 Å². The molecule has 0 aliphatic carbocycles. The van der Waals surface area contributed by atoms with Crippen molar-refractivity contribution in [3.05, 3.63) is 81.9 Å².